The van der Waals surface area contributed by atoms with Crippen molar-refractivity contribution in [3.05, 3.63) is 0 Å². The average Bonchev–Trinajstić information content (AvgIpc) is 2.81. The van der Waals surface area contributed by atoms with Crippen LogP contribution in [0.15, 0.2) is 0 Å². The lowest BCUT2D eigenvalue weighted by molar-refractivity contribution is 0.153. The van der Waals surface area contributed by atoms with Crippen LogP contribution in [0.2, 0.25) is 0 Å². The molecule has 0 spiro atoms. The molecule has 2 nitrogen and oxygen atoms in total. The first-order valence-electron chi connectivity index (χ1n) is 7.28. The normalized spacial score (nSPS) is 32.4. The third kappa shape index (κ3) is 2.98. The number of nitrogens with one attached hydrogen (secondary N) is 1. The summed E-state index contributed by atoms with van der Waals surface area (Å²) < 4.78 is 0. The molecule has 2 rings (SSSR count). The Morgan fingerprint density at radius 1 is 1.12 bits per heavy atom. The molecule has 1 heterocycles. The van der Waals surface area contributed by atoms with Crippen LogP contribution in [0, 0.1) is 5.92 Å². The van der Waals surface area contributed by atoms with Crippen molar-refractivity contribution in [1.82, 2.24) is 10.2 Å². The van der Waals surface area contributed by atoms with Crippen molar-refractivity contribution in [2.75, 3.05) is 19.6 Å². The number of hydrogen-bond donors (Lipinski definition) is 1. The summed E-state index contributed by atoms with van der Waals surface area (Å²) in [6.07, 6.45) is 8.57. The van der Waals surface area contributed by atoms with Gasteiger partial charge in [0.1, 0.15) is 0 Å². The van der Waals surface area contributed by atoms with Crippen molar-refractivity contribution < 1.29 is 0 Å². The Kier molecular flexibility index (Phi) is 4.66. The highest BCUT2D eigenvalue weighted by Crippen LogP contribution is 2.25. The first-order valence-corrected chi connectivity index (χ1v) is 7.28. The van der Waals surface area contributed by atoms with Gasteiger partial charge in [-0.15, -0.1) is 0 Å². The van der Waals surface area contributed by atoms with Crippen LogP contribution in [-0.2, 0) is 0 Å². The molecule has 0 bridgehead atoms. The van der Waals surface area contributed by atoms with Crippen LogP contribution < -0.4 is 5.32 Å². The molecule has 1 saturated carbocycles. The molecule has 16 heavy (non-hydrogen) atoms. The molecule has 0 aromatic carbocycles. The molecule has 2 atom stereocenters. The smallest absolute Gasteiger partial charge is 0.0220 e. The van der Waals surface area contributed by atoms with Crippen molar-refractivity contribution in [3.63, 3.8) is 0 Å². The summed E-state index contributed by atoms with van der Waals surface area (Å²) in [6, 6.07) is 1.63. The van der Waals surface area contributed by atoms with Crippen molar-refractivity contribution in [2.45, 2.75) is 64.5 Å². The molecule has 1 aliphatic carbocycles. The summed E-state index contributed by atoms with van der Waals surface area (Å²) in [6.45, 7) is 8.49. The van der Waals surface area contributed by atoms with Crippen LogP contribution in [0.4, 0.5) is 0 Å². The molecule has 1 saturated heterocycles. The highest BCUT2D eigenvalue weighted by atomic mass is 15.2. The molecular weight excluding hydrogens is 196 g/mol. The Morgan fingerprint density at radius 3 is 2.50 bits per heavy atom. The second-order valence-corrected chi connectivity index (χ2v) is 5.71. The standard InChI is InChI=1S/C14H28N2/c1-3-16(13-8-4-5-9-13)11-14-12(2)7-6-10-15-14/h12-15H,3-11H2,1-2H3. The molecule has 1 N–H and O–H groups in total. The van der Waals surface area contributed by atoms with Crippen LogP contribution in [0.25, 0.3) is 0 Å². The Morgan fingerprint density at radius 2 is 1.88 bits per heavy atom. The van der Waals surface area contributed by atoms with Gasteiger partial charge in [-0.05, 0) is 44.7 Å². The van der Waals surface area contributed by atoms with E-state index in [1.165, 1.54) is 58.2 Å². The summed E-state index contributed by atoms with van der Waals surface area (Å²) in [7, 11) is 0. The van der Waals surface area contributed by atoms with E-state index >= 15 is 0 Å². The molecule has 2 aliphatic rings. The first kappa shape index (κ1) is 12.4. The van der Waals surface area contributed by atoms with Crippen molar-refractivity contribution in [3.8, 4) is 0 Å². The Bertz CT molecular complexity index is 199. The topological polar surface area (TPSA) is 15.3 Å². The van der Waals surface area contributed by atoms with Gasteiger partial charge in [-0.25, -0.2) is 0 Å². The van der Waals surface area contributed by atoms with Gasteiger partial charge in [0.15, 0.2) is 0 Å². The van der Waals surface area contributed by atoms with E-state index in [1.54, 1.807) is 0 Å². The lowest BCUT2D eigenvalue weighted by Crippen LogP contribution is -2.50. The van der Waals surface area contributed by atoms with Gasteiger partial charge in [0, 0.05) is 18.6 Å². The molecule has 94 valence electrons. The number of rotatable bonds is 4. The van der Waals surface area contributed by atoms with E-state index in [1.807, 2.05) is 0 Å². The van der Waals surface area contributed by atoms with Crippen LogP contribution in [0.3, 0.4) is 0 Å². The maximum atomic E-state index is 3.72. The molecule has 0 radical (unpaired) electrons. The van der Waals surface area contributed by atoms with Crippen LogP contribution in [-0.4, -0.2) is 36.6 Å². The van der Waals surface area contributed by atoms with Crippen molar-refractivity contribution >= 4 is 0 Å². The van der Waals surface area contributed by atoms with E-state index in [9.17, 15) is 0 Å². The molecule has 0 aromatic rings. The molecule has 2 fully saturated rings. The monoisotopic (exact) mass is 224 g/mol. The van der Waals surface area contributed by atoms with Crippen LogP contribution in [0.1, 0.15) is 52.4 Å². The first-order chi connectivity index (χ1) is 7.81. The van der Waals surface area contributed by atoms with Gasteiger partial charge in [0.2, 0.25) is 0 Å². The lowest BCUT2D eigenvalue weighted by Gasteiger charge is -2.37. The fourth-order valence-electron chi connectivity index (χ4n) is 3.42. The third-order valence-corrected chi connectivity index (χ3v) is 4.61. The van der Waals surface area contributed by atoms with Gasteiger partial charge in [0.25, 0.3) is 0 Å². The van der Waals surface area contributed by atoms with E-state index in [0.29, 0.717) is 0 Å². The maximum absolute atomic E-state index is 3.72. The van der Waals surface area contributed by atoms with Crippen molar-refractivity contribution in [1.29, 1.82) is 0 Å². The van der Waals surface area contributed by atoms with E-state index < -0.39 is 0 Å². The van der Waals surface area contributed by atoms with Gasteiger partial charge < -0.3 is 5.32 Å². The molecule has 2 heteroatoms. The minimum Gasteiger partial charge on any atom is -0.312 e. The minimum absolute atomic E-state index is 0.745. The Balaban J connectivity index is 1.84. The number of hydrogen-bond acceptors (Lipinski definition) is 2. The summed E-state index contributed by atoms with van der Waals surface area (Å²) in [5.41, 5.74) is 0. The average molecular weight is 224 g/mol. The summed E-state index contributed by atoms with van der Waals surface area (Å²) in [5.74, 6) is 0.865. The summed E-state index contributed by atoms with van der Waals surface area (Å²) in [5, 5.41) is 3.72. The largest absolute Gasteiger partial charge is 0.312 e. The van der Waals surface area contributed by atoms with Gasteiger partial charge in [-0.2, -0.15) is 0 Å². The van der Waals surface area contributed by atoms with Crippen LogP contribution in [0.5, 0.6) is 0 Å². The maximum Gasteiger partial charge on any atom is 0.0220 e. The Labute approximate surface area is 101 Å². The predicted molar refractivity (Wildman–Crippen MR) is 69.7 cm³/mol. The van der Waals surface area contributed by atoms with Crippen LogP contribution >= 0.6 is 0 Å². The zero-order valence-electron chi connectivity index (χ0n) is 11.0. The molecular formula is C14H28N2. The van der Waals surface area contributed by atoms with E-state index in [2.05, 4.69) is 24.1 Å². The molecule has 0 amide bonds. The van der Waals surface area contributed by atoms with Gasteiger partial charge >= 0.3 is 0 Å². The number of likely N-dealkylation sites (N-methyl/N-ethyl adjacent to an activating group) is 1. The fourth-order valence-corrected chi connectivity index (χ4v) is 3.42. The van der Waals surface area contributed by atoms with Gasteiger partial charge in [-0.1, -0.05) is 26.7 Å². The summed E-state index contributed by atoms with van der Waals surface area (Å²) >= 11 is 0. The van der Waals surface area contributed by atoms with Crippen molar-refractivity contribution in [2.24, 2.45) is 5.92 Å². The SMILES string of the molecule is CCN(CC1NCCCC1C)C1CCCC1. The minimum atomic E-state index is 0.745. The zero-order chi connectivity index (χ0) is 11.4. The lowest BCUT2D eigenvalue weighted by atomic mass is 9.92. The second kappa shape index (κ2) is 6.02. The highest BCUT2D eigenvalue weighted by Gasteiger charge is 2.27. The predicted octanol–water partition coefficient (Wildman–Crippen LogP) is 2.64. The third-order valence-electron chi connectivity index (χ3n) is 4.61. The molecule has 0 aromatic heterocycles. The number of nitrogens with zero attached hydrogens (tertiary/aromatic N) is 1. The van der Waals surface area contributed by atoms with Gasteiger partial charge in [0.05, 0.1) is 0 Å². The Hall–Kier alpha value is -0.0800. The van der Waals surface area contributed by atoms with Gasteiger partial charge in [-0.3, -0.25) is 4.90 Å². The highest BCUT2D eigenvalue weighted by molar-refractivity contribution is 4.85. The molecule has 1 aliphatic heterocycles. The zero-order valence-corrected chi connectivity index (χ0v) is 11.0. The number of piperidine rings is 1. The van der Waals surface area contributed by atoms with E-state index in [0.717, 1.165) is 18.0 Å². The quantitative estimate of drug-likeness (QED) is 0.790. The van der Waals surface area contributed by atoms with E-state index in [-0.39, 0.29) is 0 Å². The fraction of sp³-hybridized carbons (Fsp3) is 1.00. The second-order valence-electron chi connectivity index (χ2n) is 5.71. The van der Waals surface area contributed by atoms with E-state index in [4.69, 9.17) is 0 Å². The summed E-state index contributed by atoms with van der Waals surface area (Å²) in [4.78, 5) is 2.73. The molecule has 2 unspecified atom stereocenters.